The van der Waals surface area contributed by atoms with E-state index in [4.69, 9.17) is 4.74 Å². The molecule has 0 heterocycles. The number of benzene rings is 1. The lowest BCUT2D eigenvalue weighted by atomic mass is 10.1. The van der Waals surface area contributed by atoms with Gasteiger partial charge in [0.2, 0.25) is 0 Å². The number of unbranched alkanes of at least 4 members (excludes halogenated alkanes) is 14. The molecule has 0 radical (unpaired) electrons. The monoisotopic (exact) mass is 403 g/mol. The third-order valence-electron chi connectivity index (χ3n) is 6.00. The molecule has 2 nitrogen and oxygen atoms in total. The quantitative estimate of drug-likeness (QED) is 0.202. The summed E-state index contributed by atoms with van der Waals surface area (Å²) >= 11 is 0. The number of ether oxygens (including phenoxy) is 1. The number of methoxy groups -OCH3 is 1. The lowest BCUT2D eigenvalue weighted by molar-refractivity contribution is 0.415. The van der Waals surface area contributed by atoms with E-state index in [-0.39, 0.29) is 0 Å². The standard InChI is InChI=1S/C27H49NO/c1-4-6-8-10-12-14-16-18-24-28(26-20-22-27(29-3)23-21-26)25-19-17-15-13-11-9-7-5-2/h20-23H,4-19,24-25H2,1-3H3. The van der Waals surface area contributed by atoms with Crippen LogP contribution in [0.3, 0.4) is 0 Å². The van der Waals surface area contributed by atoms with Gasteiger partial charge < -0.3 is 9.64 Å². The van der Waals surface area contributed by atoms with E-state index in [1.165, 1.54) is 122 Å². The van der Waals surface area contributed by atoms with Gasteiger partial charge in [-0.1, -0.05) is 104 Å². The summed E-state index contributed by atoms with van der Waals surface area (Å²) in [6.07, 6.45) is 22.2. The SMILES string of the molecule is CCCCCCCCCCN(CCCCCCCCCC)c1ccc(OC)cc1. The minimum atomic E-state index is 0.952. The smallest absolute Gasteiger partial charge is 0.119 e. The van der Waals surface area contributed by atoms with Crippen molar-refractivity contribution in [2.75, 3.05) is 25.1 Å². The van der Waals surface area contributed by atoms with E-state index < -0.39 is 0 Å². The van der Waals surface area contributed by atoms with E-state index in [2.05, 4.69) is 43.0 Å². The van der Waals surface area contributed by atoms with Crippen LogP contribution < -0.4 is 9.64 Å². The van der Waals surface area contributed by atoms with Crippen molar-refractivity contribution in [2.45, 2.75) is 117 Å². The van der Waals surface area contributed by atoms with Crippen LogP contribution in [0.15, 0.2) is 24.3 Å². The Morgan fingerprint density at radius 2 is 0.931 bits per heavy atom. The molecule has 0 aliphatic carbocycles. The molecule has 0 aromatic heterocycles. The van der Waals surface area contributed by atoms with Gasteiger partial charge in [-0.15, -0.1) is 0 Å². The third-order valence-corrected chi connectivity index (χ3v) is 6.00. The van der Waals surface area contributed by atoms with Crippen molar-refractivity contribution in [3.05, 3.63) is 24.3 Å². The van der Waals surface area contributed by atoms with Crippen molar-refractivity contribution in [3.63, 3.8) is 0 Å². The molecule has 1 aromatic rings. The van der Waals surface area contributed by atoms with Gasteiger partial charge in [0.15, 0.2) is 0 Å². The second-order valence-electron chi connectivity index (χ2n) is 8.63. The minimum absolute atomic E-state index is 0.952. The van der Waals surface area contributed by atoms with Crippen molar-refractivity contribution < 1.29 is 4.74 Å². The van der Waals surface area contributed by atoms with Gasteiger partial charge in [-0.2, -0.15) is 0 Å². The van der Waals surface area contributed by atoms with Crippen LogP contribution in [0, 0.1) is 0 Å². The van der Waals surface area contributed by atoms with E-state index in [0.29, 0.717) is 0 Å². The number of hydrogen-bond acceptors (Lipinski definition) is 2. The van der Waals surface area contributed by atoms with Crippen LogP contribution in [0.1, 0.15) is 117 Å². The molecule has 0 spiro atoms. The highest BCUT2D eigenvalue weighted by Gasteiger charge is 2.07. The van der Waals surface area contributed by atoms with E-state index in [1.807, 2.05) is 0 Å². The highest BCUT2D eigenvalue weighted by Crippen LogP contribution is 2.21. The molecule has 168 valence electrons. The van der Waals surface area contributed by atoms with Crippen molar-refractivity contribution in [1.82, 2.24) is 0 Å². The van der Waals surface area contributed by atoms with Crippen molar-refractivity contribution in [1.29, 1.82) is 0 Å². The normalized spacial score (nSPS) is 11.0. The highest BCUT2D eigenvalue weighted by molar-refractivity contribution is 5.49. The predicted octanol–water partition coefficient (Wildman–Crippen LogP) is 8.78. The van der Waals surface area contributed by atoms with Crippen LogP contribution in [0.25, 0.3) is 0 Å². The lowest BCUT2D eigenvalue weighted by Crippen LogP contribution is -2.25. The Bertz CT molecular complexity index is 436. The van der Waals surface area contributed by atoms with Crippen LogP contribution >= 0.6 is 0 Å². The Labute approximate surface area is 182 Å². The summed E-state index contributed by atoms with van der Waals surface area (Å²) in [6, 6.07) is 8.66. The van der Waals surface area contributed by atoms with Gasteiger partial charge in [0.25, 0.3) is 0 Å². The Morgan fingerprint density at radius 1 is 0.552 bits per heavy atom. The first kappa shape index (κ1) is 25.9. The van der Waals surface area contributed by atoms with Gasteiger partial charge in [-0.3, -0.25) is 0 Å². The average molecular weight is 404 g/mol. The van der Waals surface area contributed by atoms with Gasteiger partial charge in [-0.05, 0) is 37.1 Å². The Balaban J connectivity index is 2.30. The molecule has 0 fully saturated rings. The zero-order valence-electron chi connectivity index (χ0n) is 19.9. The molecule has 0 saturated heterocycles. The third kappa shape index (κ3) is 13.6. The van der Waals surface area contributed by atoms with Crippen LogP contribution in [-0.4, -0.2) is 20.2 Å². The molecule has 0 amide bonds. The highest BCUT2D eigenvalue weighted by atomic mass is 16.5. The topological polar surface area (TPSA) is 12.5 Å². The molecule has 0 saturated carbocycles. The maximum absolute atomic E-state index is 5.34. The molecule has 0 unspecified atom stereocenters. The number of hydrogen-bond donors (Lipinski definition) is 0. The molecule has 0 atom stereocenters. The fourth-order valence-corrected chi connectivity index (χ4v) is 4.04. The largest absolute Gasteiger partial charge is 0.497 e. The second kappa shape index (κ2) is 18.8. The summed E-state index contributed by atoms with van der Waals surface area (Å²) < 4.78 is 5.34. The fraction of sp³-hybridized carbons (Fsp3) is 0.778. The maximum atomic E-state index is 5.34. The minimum Gasteiger partial charge on any atom is -0.497 e. The van der Waals surface area contributed by atoms with Crippen LogP contribution in [-0.2, 0) is 0 Å². The number of nitrogens with zero attached hydrogens (tertiary/aromatic N) is 1. The Hall–Kier alpha value is -1.18. The van der Waals surface area contributed by atoms with Gasteiger partial charge in [0, 0.05) is 18.8 Å². The van der Waals surface area contributed by atoms with Gasteiger partial charge in [0.1, 0.15) is 5.75 Å². The van der Waals surface area contributed by atoms with Gasteiger partial charge in [-0.25, -0.2) is 0 Å². The molecule has 0 N–H and O–H groups in total. The summed E-state index contributed by atoms with van der Waals surface area (Å²) in [5.74, 6) is 0.952. The number of rotatable bonds is 20. The average Bonchev–Trinajstić information content (AvgIpc) is 2.76. The molecule has 2 heteroatoms. The number of anilines is 1. The molecule has 0 aliphatic heterocycles. The molecular weight excluding hydrogens is 354 g/mol. The summed E-state index contributed by atoms with van der Waals surface area (Å²) in [7, 11) is 1.74. The Morgan fingerprint density at radius 3 is 1.31 bits per heavy atom. The zero-order valence-corrected chi connectivity index (χ0v) is 19.9. The first-order valence-corrected chi connectivity index (χ1v) is 12.7. The molecular formula is C27H49NO. The first-order valence-electron chi connectivity index (χ1n) is 12.7. The van der Waals surface area contributed by atoms with E-state index in [0.717, 1.165) is 5.75 Å². The second-order valence-corrected chi connectivity index (χ2v) is 8.63. The summed E-state index contributed by atoms with van der Waals surface area (Å²) in [5, 5.41) is 0. The van der Waals surface area contributed by atoms with E-state index >= 15 is 0 Å². The van der Waals surface area contributed by atoms with Crippen LogP contribution in [0.5, 0.6) is 5.75 Å². The van der Waals surface area contributed by atoms with Crippen molar-refractivity contribution in [2.24, 2.45) is 0 Å². The van der Waals surface area contributed by atoms with Crippen LogP contribution in [0.2, 0.25) is 0 Å². The molecule has 0 aliphatic rings. The molecule has 0 bridgehead atoms. The van der Waals surface area contributed by atoms with Gasteiger partial charge in [0.05, 0.1) is 7.11 Å². The predicted molar refractivity (Wildman–Crippen MR) is 130 cm³/mol. The molecule has 1 aromatic carbocycles. The fourth-order valence-electron chi connectivity index (χ4n) is 4.04. The zero-order chi connectivity index (χ0) is 21.0. The Kier molecular flexibility index (Phi) is 16.8. The van der Waals surface area contributed by atoms with E-state index in [9.17, 15) is 0 Å². The summed E-state index contributed by atoms with van der Waals surface area (Å²) in [5.41, 5.74) is 1.36. The maximum Gasteiger partial charge on any atom is 0.119 e. The van der Waals surface area contributed by atoms with Crippen molar-refractivity contribution >= 4 is 5.69 Å². The lowest BCUT2D eigenvalue weighted by Gasteiger charge is -2.25. The summed E-state index contributed by atoms with van der Waals surface area (Å²) in [6.45, 7) is 6.97. The van der Waals surface area contributed by atoms with Crippen LogP contribution in [0.4, 0.5) is 5.69 Å². The van der Waals surface area contributed by atoms with Gasteiger partial charge >= 0.3 is 0 Å². The first-order chi connectivity index (χ1) is 14.3. The van der Waals surface area contributed by atoms with E-state index in [1.54, 1.807) is 7.11 Å². The molecule has 1 rings (SSSR count). The molecule has 29 heavy (non-hydrogen) atoms. The van der Waals surface area contributed by atoms with Crippen molar-refractivity contribution in [3.8, 4) is 5.75 Å². The summed E-state index contributed by atoms with van der Waals surface area (Å²) in [4.78, 5) is 2.60.